The third-order valence-corrected chi connectivity index (χ3v) is 12.7. The van der Waals surface area contributed by atoms with E-state index in [-0.39, 0.29) is 37.5 Å². The van der Waals surface area contributed by atoms with Crippen molar-refractivity contribution >= 4 is 17.9 Å². The summed E-state index contributed by atoms with van der Waals surface area (Å²) in [6.45, 7) is 6.53. The second kappa shape index (κ2) is 60.6. The molecule has 6 nitrogen and oxygen atoms in total. The molecule has 0 unspecified atom stereocenters. The minimum Gasteiger partial charge on any atom is -0.462 e. The van der Waals surface area contributed by atoms with E-state index in [2.05, 4.69) is 130 Å². The molecule has 0 aliphatic rings. The molecule has 0 saturated heterocycles. The van der Waals surface area contributed by atoms with Crippen LogP contribution in [0.3, 0.4) is 0 Å². The van der Waals surface area contributed by atoms with Crippen molar-refractivity contribution in [3.8, 4) is 0 Å². The lowest BCUT2D eigenvalue weighted by Crippen LogP contribution is -2.30. The van der Waals surface area contributed by atoms with Gasteiger partial charge in [-0.3, -0.25) is 14.4 Å². The van der Waals surface area contributed by atoms with Gasteiger partial charge < -0.3 is 14.2 Å². The van der Waals surface area contributed by atoms with E-state index in [4.69, 9.17) is 14.2 Å². The molecule has 0 bridgehead atoms. The van der Waals surface area contributed by atoms with Gasteiger partial charge in [-0.2, -0.15) is 0 Å². The van der Waals surface area contributed by atoms with Crippen molar-refractivity contribution in [2.75, 3.05) is 13.2 Å². The van der Waals surface area contributed by atoms with Crippen molar-refractivity contribution in [2.24, 2.45) is 0 Å². The van der Waals surface area contributed by atoms with Crippen molar-refractivity contribution in [3.63, 3.8) is 0 Å². The molecule has 0 aromatic heterocycles. The van der Waals surface area contributed by atoms with Crippen LogP contribution in [-0.4, -0.2) is 37.2 Å². The molecule has 0 radical (unpaired) electrons. The van der Waals surface area contributed by atoms with E-state index in [1.54, 1.807) is 0 Å². The fourth-order valence-corrected chi connectivity index (χ4v) is 8.11. The topological polar surface area (TPSA) is 78.9 Å². The number of hydrogen-bond donors (Lipinski definition) is 0. The zero-order valence-electron chi connectivity index (χ0n) is 47.6. The zero-order chi connectivity index (χ0) is 52.9. The summed E-state index contributed by atoms with van der Waals surface area (Å²) in [7, 11) is 0. The van der Waals surface area contributed by atoms with Crippen molar-refractivity contribution in [1.82, 2.24) is 0 Å². The van der Waals surface area contributed by atoms with Gasteiger partial charge in [0.05, 0.1) is 0 Å². The molecule has 6 heteroatoms. The molecule has 0 spiro atoms. The lowest BCUT2D eigenvalue weighted by Gasteiger charge is -2.18. The second-order valence-corrected chi connectivity index (χ2v) is 19.9. The molecule has 0 fully saturated rings. The summed E-state index contributed by atoms with van der Waals surface area (Å²) in [6, 6.07) is 0. The molecule has 0 aromatic carbocycles. The van der Waals surface area contributed by atoms with E-state index in [0.29, 0.717) is 12.8 Å². The molecular weight excluding hydrogens is 901 g/mol. The lowest BCUT2D eigenvalue weighted by molar-refractivity contribution is -0.167. The Balaban J connectivity index is 4.53. The van der Waals surface area contributed by atoms with Gasteiger partial charge in [0.1, 0.15) is 13.2 Å². The number of allylic oxidation sites excluding steroid dienone is 18. The van der Waals surface area contributed by atoms with Crippen LogP contribution in [0.1, 0.15) is 278 Å². The van der Waals surface area contributed by atoms with Crippen LogP contribution in [-0.2, 0) is 28.6 Å². The number of rotatable bonds is 54. The van der Waals surface area contributed by atoms with Gasteiger partial charge in [-0.1, -0.05) is 233 Å². The summed E-state index contributed by atoms with van der Waals surface area (Å²) in [5.74, 6) is -0.969. The SMILES string of the molecule is CCCCC/C=C\C/C=C\C/C=C\C/C=C\CCCCCC(=O)OC[C@@H](COC(=O)CCCCCCCCC/C=C\CCCCCCCC)OC(=O)CCCCC/C=C\C/C=C\C/C=C\C/C=C\CCCCC. The summed E-state index contributed by atoms with van der Waals surface area (Å²) in [5.41, 5.74) is 0. The Kier molecular flexibility index (Phi) is 57.4. The fourth-order valence-electron chi connectivity index (χ4n) is 8.11. The van der Waals surface area contributed by atoms with Crippen molar-refractivity contribution < 1.29 is 28.6 Å². The van der Waals surface area contributed by atoms with Crippen LogP contribution < -0.4 is 0 Å². The Hall–Kier alpha value is -3.93. The molecule has 0 heterocycles. The highest BCUT2D eigenvalue weighted by atomic mass is 16.6. The van der Waals surface area contributed by atoms with E-state index >= 15 is 0 Å². The zero-order valence-corrected chi connectivity index (χ0v) is 47.6. The molecule has 0 aliphatic carbocycles. The third-order valence-electron chi connectivity index (χ3n) is 12.7. The number of ether oxygens (including phenoxy) is 3. The molecule has 0 aliphatic heterocycles. The summed E-state index contributed by atoms with van der Waals surface area (Å²) >= 11 is 0. The first kappa shape index (κ1) is 69.1. The number of hydrogen-bond acceptors (Lipinski definition) is 6. The monoisotopic (exact) mass is 1010 g/mol. The van der Waals surface area contributed by atoms with E-state index in [0.717, 1.165) is 109 Å². The first-order valence-electron chi connectivity index (χ1n) is 30.4. The number of esters is 3. The van der Waals surface area contributed by atoms with Gasteiger partial charge in [0, 0.05) is 19.3 Å². The van der Waals surface area contributed by atoms with Crippen molar-refractivity contribution in [2.45, 2.75) is 284 Å². The van der Waals surface area contributed by atoms with Crippen LogP contribution in [0.5, 0.6) is 0 Å². The number of carbonyl (C=O) groups excluding carboxylic acids is 3. The molecule has 416 valence electrons. The average molecular weight is 1010 g/mol. The predicted molar refractivity (Wildman–Crippen MR) is 316 cm³/mol. The molecule has 0 aromatic rings. The Labute approximate surface area is 450 Å². The second-order valence-electron chi connectivity index (χ2n) is 19.9. The van der Waals surface area contributed by atoms with E-state index in [9.17, 15) is 14.4 Å². The first-order valence-corrected chi connectivity index (χ1v) is 30.4. The third kappa shape index (κ3) is 58.8. The minimum atomic E-state index is -0.813. The first-order chi connectivity index (χ1) is 36.0. The molecule has 0 N–H and O–H groups in total. The maximum absolute atomic E-state index is 12.9. The highest BCUT2D eigenvalue weighted by Gasteiger charge is 2.19. The molecule has 0 rings (SSSR count). The molecule has 73 heavy (non-hydrogen) atoms. The summed E-state index contributed by atoms with van der Waals surface area (Å²) < 4.78 is 16.9. The van der Waals surface area contributed by atoms with E-state index in [1.165, 1.54) is 128 Å². The predicted octanol–water partition coefficient (Wildman–Crippen LogP) is 20.7. The van der Waals surface area contributed by atoms with Crippen LogP contribution in [0.25, 0.3) is 0 Å². The smallest absolute Gasteiger partial charge is 0.306 e. The molecule has 1 atom stereocenters. The molecule has 0 saturated carbocycles. The summed E-state index contributed by atoms with van der Waals surface area (Å²) in [6.07, 6.45) is 82.2. The quantitative estimate of drug-likeness (QED) is 0.0261. The Morgan fingerprint density at radius 2 is 0.493 bits per heavy atom. The minimum absolute atomic E-state index is 0.105. The van der Waals surface area contributed by atoms with Gasteiger partial charge >= 0.3 is 17.9 Å². The maximum atomic E-state index is 12.9. The largest absolute Gasteiger partial charge is 0.462 e. The Morgan fingerprint density at radius 3 is 0.822 bits per heavy atom. The fraction of sp³-hybridized carbons (Fsp3) is 0.687. The van der Waals surface area contributed by atoms with Crippen LogP contribution in [0, 0.1) is 0 Å². The van der Waals surface area contributed by atoms with E-state index in [1.807, 2.05) is 0 Å². The number of carbonyl (C=O) groups is 3. The van der Waals surface area contributed by atoms with Crippen LogP contribution in [0.2, 0.25) is 0 Å². The highest BCUT2D eigenvalue weighted by molar-refractivity contribution is 5.71. The van der Waals surface area contributed by atoms with Crippen LogP contribution in [0.15, 0.2) is 109 Å². The van der Waals surface area contributed by atoms with Gasteiger partial charge in [0.15, 0.2) is 6.10 Å². The summed E-state index contributed by atoms with van der Waals surface area (Å²) in [4.78, 5) is 38.2. The van der Waals surface area contributed by atoms with Gasteiger partial charge in [0.25, 0.3) is 0 Å². The van der Waals surface area contributed by atoms with Gasteiger partial charge in [0.2, 0.25) is 0 Å². The van der Waals surface area contributed by atoms with Crippen molar-refractivity contribution in [1.29, 1.82) is 0 Å². The normalized spacial score (nSPS) is 12.9. The van der Waals surface area contributed by atoms with Gasteiger partial charge in [-0.05, 0) is 135 Å². The van der Waals surface area contributed by atoms with Crippen molar-refractivity contribution in [3.05, 3.63) is 109 Å². The Morgan fingerprint density at radius 1 is 0.274 bits per heavy atom. The highest BCUT2D eigenvalue weighted by Crippen LogP contribution is 2.14. The lowest BCUT2D eigenvalue weighted by atomic mass is 10.1. The standard InChI is InChI=1S/C67H112O6/c1-4-7-10-13-16-19-22-25-28-31-33-36-39-42-45-48-51-54-57-60-66(69)72-63-64(62-71-65(68)59-56-53-50-47-44-41-38-35-30-27-24-21-18-15-12-9-6-3)73-67(70)61-58-55-52-49-46-43-40-37-34-32-29-26-23-20-17-14-11-8-5-2/h16-17,19-20,25-30,33-34,36-37,42-43,45-46,64H,4-15,18,21-24,31-32,35,38-41,44,47-63H2,1-3H3/b19-16-,20-17-,28-25-,29-26-,30-27-,36-33-,37-34-,45-42-,46-43-/t64-/m1/s1. The van der Waals surface area contributed by atoms with E-state index < -0.39 is 6.10 Å². The average Bonchev–Trinajstić information content (AvgIpc) is 3.39. The maximum Gasteiger partial charge on any atom is 0.306 e. The van der Waals surface area contributed by atoms with Gasteiger partial charge in [-0.25, -0.2) is 0 Å². The summed E-state index contributed by atoms with van der Waals surface area (Å²) in [5, 5.41) is 0. The molecule has 0 amide bonds. The van der Waals surface area contributed by atoms with Gasteiger partial charge in [-0.15, -0.1) is 0 Å². The van der Waals surface area contributed by atoms with Crippen LogP contribution in [0.4, 0.5) is 0 Å². The Bertz CT molecular complexity index is 1490. The number of unbranched alkanes of at least 4 members (excludes halogenated alkanes) is 25. The molecular formula is C67H112O6. The van der Waals surface area contributed by atoms with Crippen LogP contribution >= 0.6 is 0 Å².